The van der Waals surface area contributed by atoms with Crippen LogP contribution in [-0.4, -0.2) is 18.7 Å². The highest BCUT2D eigenvalue weighted by Crippen LogP contribution is 2.32. The lowest BCUT2D eigenvalue weighted by molar-refractivity contribution is 0.416. The molecule has 0 saturated heterocycles. The van der Waals surface area contributed by atoms with Crippen LogP contribution in [-0.2, 0) is 0 Å². The third kappa shape index (κ3) is 3.41. The van der Waals surface area contributed by atoms with Crippen LogP contribution in [0.1, 0.15) is 0 Å². The Kier molecular flexibility index (Phi) is 4.73. The number of nitrogens with two attached hydrogens (primary N) is 1. The smallest absolute Gasteiger partial charge is 0.201 e. The molecule has 0 aliphatic heterocycles. The first-order valence-corrected chi connectivity index (χ1v) is 6.47. The maximum atomic E-state index is 8.80. The van der Waals surface area contributed by atoms with E-state index in [-0.39, 0.29) is 11.5 Å². The topological polar surface area (TPSA) is 107 Å². The summed E-state index contributed by atoms with van der Waals surface area (Å²) in [5.74, 6) is 0.288. The number of nitrogens with one attached hydrogen (secondary N) is 2. The maximum Gasteiger partial charge on any atom is 0.201 e. The van der Waals surface area contributed by atoms with Crippen LogP contribution >= 0.6 is 0 Å². The first kappa shape index (κ1) is 15.1. The van der Waals surface area contributed by atoms with Crippen molar-refractivity contribution in [3.63, 3.8) is 0 Å². The second-order valence-corrected chi connectivity index (χ2v) is 4.38. The van der Waals surface area contributed by atoms with Crippen LogP contribution < -0.4 is 15.9 Å². The van der Waals surface area contributed by atoms with Gasteiger partial charge in [-0.25, -0.2) is 0 Å². The number of hydrogen-bond acceptors (Lipinski definition) is 5. The Morgan fingerprint density at radius 1 is 1.27 bits per heavy atom. The molecular formula is C16H15N5O. The van der Waals surface area contributed by atoms with Gasteiger partial charge in [-0.2, -0.15) is 10.4 Å². The van der Waals surface area contributed by atoms with E-state index in [0.717, 1.165) is 11.1 Å². The SMILES string of the molecule is COc1cc(N/N=C(\C#N)C(=N)N)ccc1-c1ccccc1. The molecule has 6 nitrogen and oxygen atoms in total. The normalized spacial score (nSPS) is 10.6. The fraction of sp³-hybridized carbons (Fsp3) is 0.0625. The molecule has 4 N–H and O–H groups in total. The average Bonchev–Trinajstić information content (AvgIpc) is 2.55. The van der Waals surface area contributed by atoms with Gasteiger partial charge in [-0.3, -0.25) is 10.8 Å². The van der Waals surface area contributed by atoms with Crippen molar-refractivity contribution in [1.29, 1.82) is 10.7 Å². The summed E-state index contributed by atoms with van der Waals surface area (Å²) in [6.07, 6.45) is 0. The molecule has 6 heteroatoms. The van der Waals surface area contributed by atoms with Crippen molar-refractivity contribution < 1.29 is 4.74 Å². The Bertz CT molecular complexity index is 747. The van der Waals surface area contributed by atoms with E-state index in [1.54, 1.807) is 19.2 Å². The largest absolute Gasteiger partial charge is 0.496 e. The van der Waals surface area contributed by atoms with E-state index >= 15 is 0 Å². The Morgan fingerprint density at radius 2 is 2.00 bits per heavy atom. The van der Waals surface area contributed by atoms with Crippen LogP contribution in [0.25, 0.3) is 11.1 Å². The van der Waals surface area contributed by atoms with Crippen molar-refractivity contribution in [1.82, 2.24) is 0 Å². The lowest BCUT2D eigenvalue weighted by atomic mass is 10.0. The van der Waals surface area contributed by atoms with E-state index < -0.39 is 0 Å². The van der Waals surface area contributed by atoms with Gasteiger partial charge in [0.1, 0.15) is 11.8 Å². The van der Waals surface area contributed by atoms with E-state index in [4.69, 9.17) is 21.1 Å². The van der Waals surface area contributed by atoms with Crippen LogP contribution in [0.2, 0.25) is 0 Å². The predicted octanol–water partition coefficient (Wildman–Crippen LogP) is 2.59. The van der Waals surface area contributed by atoms with Crippen molar-refractivity contribution in [2.24, 2.45) is 10.8 Å². The van der Waals surface area contributed by atoms with Crippen molar-refractivity contribution in [2.45, 2.75) is 0 Å². The zero-order valence-electron chi connectivity index (χ0n) is 12.0. The summed E-state index contributed by atoms with van der Waals surface area (Å²) in [6.45, 7) is 0. The van der Waals surface area contributed by atoms with E-state index in [2.05, 4.69) is 10.5 Å². The van der Waals surface area contributed by atoms with Gasteiger partial charge in [0, 0.05) is 11.6 Å². The Labute approximate surface area is 128 Å². The molecule has 0 aromatic heterocycles. The Hall–Kier alpha value is -3.33. The minimum atomic E-state index is -0.386. The number of hydrazone groups is 1. The van der Waals surface area contributed by atoms with Crippen molar-refractivity contribution >= 4 is 17.2 Å². The molecule has 0 unspecified atom stereocenters. The summed E-state index contributed by atoms with van der Waals surface area (Å²) >= 11 is 0. The van der Waals surface area contributed by atoms with Crippen molar-refractivity contribution in [2.75, 3.05) is 12.5 Å². The van der Waals surface area contributed by atoms with Crippen LogP contribution in [0.4, 0.5) is 5.69 Å². The van der Waals surface area contributed by atoms with Gasteiger partial charge < -0.3 is 10.5 Å². The predicted molar refractivity (Wildman–Crippen MR) is 87.0 cm³/mol. The molecule has 0 aliphatic carbocycles. The van der Waals surface area contributed by atoms with Crippen LogP contribution in [0.3, 0.4) is 0 Å². The number of benzene rings is 2. The fourth-order valence-corrected chi connectivity index (χ4v) is 1.88. The molecular weight excluding hydrogens is 278 g/mol. The summed E-state index contributed by atoms with van der Waals surface area (Å²) in [5, 5.41) is 19.8. The molecule has 0 bridgehead atoms. The first-order chi connectivity index (χ1) is 10.7. The van der Waals surface area contributed by atoms with E-state index in [9.17, 15) is 0 Å². The minimum Gasteiger partial charge on any atom is -0.496 e. The molecule has 0 heterocycles. The molecule has 0 spiro atoms. The number of hydrogen-bond donors (Lipinski definition) is 3. The van der Waals surface area contributed by atoms with Gasteiger partial charge in [0.15, 0.2) is 5.84 Å². The summed E-state index contributed by atoms with van der Waals surface area (Å²) in [7, 11) is 1.59. The molecule has 2 rings (SSSR count). The molecule has 22 heavy (non-hydrogen) atoms. The molecule has 0 saturated carbocycles. The Balaban J connectivity index is 2.31. The fourth-order valence-electron chi connectivity index (χ4n) is 1.88. The summed E-state index contributed by atoms with van der Waals surface area (Å²) < 4.78 is 5.40. The number of amidine groups is 1. The Morgan fingerprint density at radius 3 is 2.59 bits per heavy atom. The third-order valence-electron chi connectivity index (χ3n) is 2.94. The molecule has 0 amide bonds. The molecule has 0 fully saturated rings. The average molecular weight is 293 g/mol. The molecule has 2 aromatic carbocycles. The van der Waals surface area contributed by atoms with Crippen LogP contribution in [0.5, 0.6) is 5.75 Å². The number of rotatable bonds is 5. The monoisotopic (exact) mass is 293 g/mol. The van der Waals surface area contributed by atoms with Gasteiger partial charge in [0.05, 0.1) is 12.8 Å². The molecule has 0 atom stereocenters. The molecule has 110 valence electrons. The zero-order chi connectivity index (χ0) is 15.9. The van der Waals surface area contributed by atoms with Crippen molar-refractivity contribution in [3.8, 4) is 22.9 Å². The molecule has 0 radical (unpaired) electrons. The highest BCUT2D eigenvalue weighted by Gasteiger charge is 2.07. The highest BCUT2D eigenvalue weighted by molar-refractivity contribution is 6.45. The lowest BCUT2D eigenvalue weighted by Gasteiger charge is -2.10. The van der Waals surface area contributed by atoms with Crippen LogP contribution in [0.15, 0.2) is 53.6 Å². The summed E-state index contributed by atoms with van der Waals surface area (Å²) in [6, 6.07) is 17.1. The molecule has 2 aromatic rings. The first-order valence-electron chi connectivity index (χ1n) is 6.47. The number of anilines is 1. The lowest BCUT2D eigenvalue weighted by Crippen LogP contribution is -2.21. The third-order valence-corrected chi connectivity index (χ3v) is 2.94. The van der Waals surface area contributed by atoms with E-state index in [1.807, 2.05) is 42.5 Å². The van der Waals surface area contributed by atoms with Crippen molar-refractivity contribution in [3.05, 3.63) is 48.5 Å². The summed E-state index contributed by atoms with van der Waals surface area (Å²) in [5.41, 5.74) is 10.4. The van der Waals surface area contributed by atoms with Gasteiger partial charge in [0.2, 0.25) is 5.71 Å². The standard InChI is InChI=1S/C16H15N5O/c1-22-15-9-12(20-21-14(10-17)16(18)19)7-8-13(15)11-5-3-2-4-6-11/h2-9,20H,1H3,(H3,18,19)/b21-14+. The van der Waals surface area contributed by atoms with Crippen LogP contribution in [0, 0.1) is 16.7 Å². The highest BCUT2D eigenvalue weighted by atomic mass is 16.5. The number of methoxy groups -OCH3 is 1. The van der Waals surface area contributed by atoms with Gasteiger partial charge >= 0.3 is 0 Å². The molecule has 0 aliphatic rings. The second kappa shape index (κ2) is 6.90. The van der Waals surface area contributed by atoms with E-state index in [1.165, 1.54) is 0 Å². The quantitative estimate of drug-likeness (QED) is 0.447. The maximum absolute atomic E-state index is 8.80. The van der Waals surface area contributed by atoms with Gasteiger partial charge in [-0.1, -0.05) is 30.3 Å². The van der Waals surface area contributed by atoms with Gasteiger partial charge in [-0.15, -0.1) is 0 Å². The number of ether oxygens (including phenoxy) is 1. The van der Waals surface area contributed by atoms with Gasteiger partial charge in [0.25, 0.3) is 0 Å². The summed E-state index contributed by atoms with van der Waals surface area (Å²) in [4.78, 5) is 0. The zero-order valence-corrected chi connectivity index (χ0v) is 12.0. The van der Waals surface area contributed by atoms with E-state index in [0.29, 0.717) is 11.4 Å². The number of nitrogens with zero attached hydrogens (tertiary/aromatic N) is 2. The minimum absolute atomic E-state index is 0.175. The second-order valence-electron chi connectivity index (χ2n) is 4.38. The van der Waals surface area contributed by atoms with Gasteiger partial charge in [-0.05, 0) is 17.7 Å². The number of nitriles is 1.